The molecule has 1 rings (SSSR count). The number of rotatable bonds is 12. The zero-order chi connectivity index (χ0) is 20.2. The van der Waals surface area contributed by atoms with Gasteiger partial charge < -0.3 is 15.5 Å². The average molecular weight is 507 g/mol. The number of hydrogen-bond acceptors (Lipinski definition) is 3. The molecule has 0 amide bonds. The number of halogens is 1. The molecule has 28 heavy (non-hydrogen) atoms. The quantitative estimate of drug-likeness (QED) is 0.197. The molecule has 164 valence electrons. The molecular formula is C21H43IN6. The minimum Gasteiger partial charge on any atom is -0.357 e. The predicted molar refractivity (Wildman–Crippen MR) is 132 cm³/mol. The summed E-state index contributed by atoms with van der Waals surface area (Å²) in [6, 6.07) is 0.315. The van der Waals surface area contributed by atoms with E-state index in [9.17, 15) is 0 Å². The minimum atomic E-state index is 0. The fraction of sp³-hybridized carbons (Fsp3) is 0.810. The van der Waals surface area contributed by atoms with Gasteiger partial charge in [0.2, 0.25) is 0 Å². The molecule has 0 aliphatic rings. The molecule has 0 saturated carbocycles. The number of hydrogen-bond donors (Lipinski definition) is 2. The highest BCUT2D eigenvalue weighted by Gasteiger charge is 2.13. The molecule has 0 bridgehead atoms. The summed E-state index contributed by atoms with van der Waals surface area (Å²) in [5.41, 5.74) is 3.71. The Kier molecular flexibility index (Phi) is 14.6. The summed E-state index contributed by atoms with van der Waals surface area (Å²) in [7, 11) is 6.29. The summed E-state index contributed by atoms with van der Waals surface area (Å²) in [6.45, 7) is 11.5. The molecule has 0 spiro atoms. The Morgan fingerprint density at radius 3 is 2.36 bits per heavy atom. The van der Waals surface area contributed by atoms with E-state index >= 15 is 0 Å². The summed E-state index contributed by atoms with van der Waals surface area (Å²) < 4.78 is 1.97. The molecule has 0 saturated heterocycles. The van der Waals surface area contributed by atoms with Gasteiger partial charge in [-0.2, -0.15) is 5.10 Å². The van der Waals surface area contributed by atoms with Crippen LogP contribution in [0.3, 0.4) is 0 Å². The lowest BCUT2D eigenvalue weighted by Gasteiger charge is -2.18. The molecule has 0 radical (unpaired) electrons. The Hall–Kier alpha value is -0.830. The van der Waals surface area contributed by atoms with Crippen molar-refractivity contribution in [2.75, 3.05) is 33.7 Å². The zero-order valence-electron chi connectivity index (χ0n) is 19.1. The number of nitrogens with zero attached hydrogens (tertiary/aromatic N) is 4. The highest BCUT2D eigenvalue weighted by atomic mass is 127. The third-order valence-corrected chi connectivity index (χ3v) is 4.93. The number of aromatic nitrogens is 2. The normalized spacial score (nSPS) is 12.8. The Morgan fingerprint density at radius 2 is 1.79 bits per heavy atom. The minimum absolute atomic E-state index is 0. The fourth-order valence-corrected chi connectivity index (χ4v) is 3.28. The topological polar surface area (TPSA) is 57.5 Å². The lowest BCUT2D eigenvalue weighted by molar-refractivity contribution is 0.390. The van der Waals surface area contributed by atoms with Gasteiger partial charge in [-0.3, -0.25) is 9.67 Å². The van der Waals surface area contributed by atoms with Gasteiger partial charge in [0, 0.05) is 31.9 Å². The van der Waals surface area contributed by atoms with Crippen LogP contribution in [0.5, 0.6) is 0 Å². The van der Waals surface area contributed by atoms with Crippen LogP contribution in [0.2, 0.25) is 0 Å². The van der Waals surface area contributed by atoms with Crippen LogP contribution in [0, 0.1) is 13.8 Å². The van der Waals surface area contributed by atoms with E-state index in [1.54, 1.807) is 0 Å². The largest absolute Gasteiger partial charge is 0.357 e. The smallest absolute Gasteiger partial charge is 0.191 e. The Bertz CT molecular complexity index is 567. The fourth-order valence-electron chi connectivity index (χ4n) is 3.28. The van der Waals surface area contributed by atoms with Gasteiger partial charge in [-0.15, -0.1) is 24.0 Å². The molecule has 1 aromatic rings. The van der Waals surface area contributed by atoms with Gasteiger partial charge in [-0.25, -0.2) is 0 Å². The van der Waals surface area contributed by atoms with Crippen LogP contribution in [-0.2, 0) is 13.5 Å². The maximum atomic E-state index is 4.76. The highest BCUT2D eigenvalue weighted by molar-refractivity contribution is 14.0. The van der Waals surface area contributed by atoms with E-state index in [0.29, 0.717) is 6.04 Å². The van der Waals surface area contributed by atoms with E-state index in [1.807, 2.05) is 11.7 Å². The first-order valence-electron chi connectivity index (χ1n) is 10.5. The van der Waals surface area contributed by atoms with E-state index in [-0.39, 0.29) is 24.0 Å². The first-order chi connectivity index (χ1) is 12.8. The lowest BCUT2D eigenvalue weighted by atomic mass is 10.1. The number of guanidine groups is 1. The van der Waals surface area contributed by atoms with Crippen molar-refractivity contribution in [3.63, 3.8) is 0 Å². The molecule has 7 heteroatoms. The van der Waals surface area contributed by atoms with Crippen LogP contribution in [0.4, 0.5) is 0 Å². The molecule has 1 atom stereocenters. The average Bonchev–Trinajstić information content (AvgIpc) is 2.83. The Morgan fingerprint density at radius 1 is 1.14 bits per heavy atom. The third-order valence-electron chi connectivity index (χ3n) is 4.93. The van der Waals surface area contributed by atoms with Crippen LogP contribution in [0.15, 0.2) is 4.99 Å². The van der Waals surface area contributed by atoms with Crippen LogP contribution < -0.4 is 10.6 Å². The van der Waals surface area contributed by atoms with Crippen molar-refractivity contribution >= 4 is 29.9 Å². The van der Waals surface area contributed by atoms with E-state index in [1.165, 1.54) is 43.5 Å². The molecule has 2 N–H and O–H groups in total. The molecule has 1 heterocycles. The van der Waals surface area contributed by atoms with E-state index in [0.717, 1.165) is 37.6 Å². The van der Waals surface area contributed by atoms with Crippen LogP contribution in [-0.4, -0.2) is 60.4 Å². The van der Waals surface area contributed by atoms with Gasteiger partial charge in [-0.05, 0) is 73.2 Å². The van der Waals surface area contributed by atoms with E-state index < -0.39 is 0 Å². The molecule has 6 nitrogen and oxygen atoms in total. The number of unbranched alkanes of at least 4 members (excludes halogenated alkanes) is 4. The first kappa shape index (κ1) is 27.2. The van der Waals surface area contributed by atoms with Crippen molar-refractivity contribution < 1.29 is 0 Å². The van der Waals surface area contributed by atoms with Gasteiger partial charge in [0.25, 0.3) is 0 Å². The summed E-state index contributed by atoms with van der Waals surface area (Å²) in [6.07, 6.45) is 7.31. The van der Waals surface area contributed by atoms with Gasteiger partial charge in [0.05, 0.1) is 5.69 Å². The summed E-state index contributed by atoms with van der Waals surface area (Å²) in [5, 5.41) is 11.4. The number of nitrogens with one attached hydrogen (secondary N) is 2. The van der Waals surface area contributed by atoms with Crippen molar-refractivity contribution in [1.29, 1.82) is 0 Å². The molecule has 0 aromatic carbocycles. The van der Waals surface area contributed by atoms with Gasteiger partial charge >= 0.3 is 0 Å². The van der Waals surface area contributed by atoms with Crippen LogP contribution in [0.1, 0.15) is 62.9 Å². The van der Waals surface area contributed by atoms with Crippen molar-refractivity contribution in [1.82, 2.24) is 25.3 Å². The summed E-state index contributed by atoms with van der Waals surface area (Å²) >= 11 is 0. The van der Waals surface area contributed by atoms with Crippen LogP contribution in [0.25, 0.3) is 0 Å². The molecule has 1 aromatic heterocycles. The Labute approximate surface area is 190 Å². The summed E-state index contributed by atoms with van der Waals surface area (Å²) in [5.74, 6) is 0.928. The molecule has 0 aliphatic carbocycles. The summed E-state index contributed by atoms with van der Waals surface area (Å²) in [4.78, 5) is 7.01. The molecule has 0 fully saturated rings. The van der Waals surface area contributed by atoms with Crippen molar-refractivity contribution in [2.24, 2.45) is 12.0 Å². The van der Waals surface area contributed by atoms with Crippen molar-refractivity contribution in [2.45, 2.75) is 72.3 Å². The Balaban J connectivity index is 0.00000729. The number of aryl methyl sites for hydroxylation is 2. The van der Waals surface area contributed by atoms with Crippen molar-refractivity contribution in [3.8, 4) is 0 Å². The van der Waals surface area contributed by atoms with Gasteiger partial charge in [0.1, 0.15) is 0 Å². The molecule has 0 aliphatic heterocycles. The van der Waals surface area contributed by atoms with Crippen LogP contribution >= 0.6 is 24.0 Å². The maximum Gasteiger partial charge on any atom is 0.191 e. The second-order valence-electron chi connectivity index (χ2n) is 7.85. The maximum absolute atomic E-state index is 4.76. The second-order valence-corrected chi connectivity index (χ2v) is 7.85. The van der Waals surface area contributed by atoms with E-state index in [4.69, 9.17) is 4.99 Å². The van der Waals surface area contributed by atoms with Gasteiger partial charge in [-0.1, -0.05) is 19.3 Å². The first-order valence-corrected chi connectivity index (χ1v) is 10.5. The second kappa shape index (κ2) is 15.1. The lowest BCUT2D eigenvalue weighted by Crippen LogP contribution is -2.43. The predicted octanol–water partition coefficient (Wildman–Crippen LogP) is 3.65. The monoisotopic (exact) mass is 506 g/mol. The molecule has 1 unspecified atom stereocenters. The SMILES string of the molecule is CCNC(=NCCCCCCCN(C)C)NC(C)Cc1c(C)nn(C)c1C.I. The number of aliphatic imine (C=N–C) groups is 1. The standard InChI is InChI=1S/C21H42N6.HI/c1-8-22-21(23-14-12-10-9-11-13-15-26(5)6)24-17(2)16-20-18(3)25-27(7)19(20)4;/h17H,8-16H2,1-7H3,(H2,22,23,24);1H. The van der Waals surface area contributed by atoms with Gasteiger partial charge in [0.15, 0.2) is 5.96 Å². The van der Waals surface area contributed by atoms with Crippen molar-refractivity contribution in [3.05, 3.63) is 17.0 Å². The molecular weight excluding hydrogens is 463 g/mol. The van der Waals surface area contributed by atoms with E-state index in [2.05, 4.69) is 62.4 Å². The zero-order valence-corrected chi connectivity index (χ0v) is 21.5. The third kappa shape index (κ3) is 10.6. The highest BCUT2D eigenvalue weighted by Crippen LogP contribution is 2.14.